The first-order valence-corrected chi connectivity index (χ1v) is 6.01. The summed E-state index contributed by atoms with van der Waals surface area (Å²) >= 11 is 1.66. The maximum Gasteiger partial charge on any atom is 0.326 e. The van der Waals surface area contributed by atoms with Crippen LogP contribution in [0.25, 0.3) is 0 Å². The van der Waals surface area contributed by atoms with Crippen LogP contribution in [-0.2, 0) is 9.59 Å². The minimum Gasteiger partial charge on any atom is -0.480 e. The molecule has 0 spiro atoms. The number of carbonyl (C=O) groups is 2. The predicted molar refractivity (Wildman–Crippen MR) is 62.0 cm³/mol. The summed E-state index contributed by atoms with van der Waals surface area (Å²) < 4.78 is 0. The number of hydrogen-bond donors (Lipinski definition) is 2. The Morgan fingerprint density at radius 3 is 2.67 bits per heavy atom. The first-order chi connectivity index (χ1) is 7.11. The third-order valence-electron chi connectivity index (χ3n) is 1.69. The van der Waals surface area contributed by atoms with Gasteiger partial charge in [-0.2, -0.15) is 11.8 Å². The summed E-state index contributed by atoms with van der Waals surface area (Å²) in [5.74, 6) is 0.356. The van der Waals surface area contributed by atoms with E-state index in [1.54, 1.807) is 24.8 Å². The molecule has 86 valence electrons. The lowest BCUT2D eigenvalue weighted by Gasteiger charge is -2.12. The molecule has 1 unspecified atom stereocenters. The molecule has 0 rings (SSSR count). The summed E-state index contributed by atoms with van der Waals surface area (Å²) in [6, 6.07) is -0.784. The highest BCUT2D eigenvalue weighted by Gasteiger charge is 2.17. The molecule has 0 aromatic rings. The Morgan fingerprint density at radius 2 is 2.20 bits per heavy atom. The Bertz CT molecular complexity index is 241. The molecule has 2 N–H and O–H groups in total. The zero-order valence-electron chi connectivity index (χ0n) is 9.03. The molecule has 0 aliphatic rings. The summed E-state index contributed by atoms with van der Waals surface area (Å²) in [6.07, 6.45) is 3.36. The quantitative estimate of drug-likeness (QED) is 0.511. The second-order valence-electron chi connectivity index (χ2n) is 2.89. The molecule has 0 saturated carbocycles. The SMILES string of the molecule is C/C=C/C(=O)NC(CCSCC)C(=O)O. The van der Waals surface area contributed by atoms with Gasteiger partial charge < -0.3 is 10.4 Å². The number of hydrogen-bond acceptors (Lipinski definition) is 3. The van der Waals surface area contributed by atoms with Gasteiger partial charge in [-0.15, -0.1) is 0 Å². The second kappa shape index (κ2) is 8.35. The van der Waals surface area contributed by atoms with Gasteiger partial charge in [0.25, 0.3) is 0 Å². The lowest BCUT2D eigenvalue weighted by atomic mass is 10.2. The molecule has 5 heteroatoms. The number of carboxylic acid groups (broad SMARTS) is 1. The van der Waals surface area contributed by atoms with Gasteiger partial charge in [-0.25, -0.2) is 4.79 Å². The highest BCUT2D eigenvalue weighted by atomic mass is 32.2. The number of rotatable bonds is 7. The zero-order chi connectivity index (χ0) is 11.7. The molecule has 0 fully saturated rings. The monoisotopic (exact) mass is 231 g/mol. The van der Waals surface area contributed by atoms with Crippen LogP contribution in [0.15, 0.2) is 12.2 Å². The molecule has 0 radical (unpaired) electrons. The van der Waals surface area contributed by atoms with E-state index in [1.807, 2.05) is 6.92 Å². The predicted octanol–water partition coefficient (Wildman–Crippen LogP) is 1.28. The first kappa shape index (κ1) is 14.0. The smallest absolute Gasteiger partial charge is 0.326 e. The van der Waals surface area contributed by atoms with Crippen molar-refractivity contribution < 1.29 is 14.7 Å². The molecule has 1 atom stereocenters. The topological polar surface area (TPSA) is 66.4 Å². The molecule has 4 nitrogen and oxygen atoms in total. The van der Waals surface area contributed by atoms with Gasteiger partial charge >= 0.3 is 5.97 Å². The molecule has 0 aliphatic heterocycles. The fraction of sp³-hybridized carbons (Fsp3) is 0.600. The molecule has 15 heavy (non-hydrogen) atoms. The van der Waals surface area contributed by atoms with Crippen molar-refractivity contribution in [2.75, 3.05) is 11.5 Å². The standard InChI is InChI=1S/C10H17NO3S/c1-3-5-9(12)11-8(10(13)14)6-7-15-4-2/h3,5,8H,4,6-7H2,1-2H3,(H,11,12)(H,13,14)/b5-3+. The Kier molecular flexibility index (Phi) is 7.81. The second-order valence-corrected chi connectivity index (χ2v) is 4.28. The normalized spacial score (nSPS) is 12.7. The number of carbonyl (C=O) groups excluding carboxylic acids is 1. The van der Waals surface area contributed by atoms with Gasteiger partial charge in [-0.05, 0) is 30.9 Å². The highest BCUT2D eigenvalue weighted by Crippen LogP contribution is 2.04. The number of amides is 1. The van der Waals surface area contributed by atoms with E-state index in [4.69, 9.17) is 5.11 Å². The summed E-state index contributed by atoms with van der Waals surface area (Å²) in [5.41, 5.74) is 0. The van der Waals surface area contributed by atoms with Crippen molar-refractivity contribution in [1.29, 1.82) is 0 Å². The van der Waals surface area contributed by atoms with Crippen LogP contribution in [0, 0.1) is 0 Å². The van der Waals surface area contributed by atoms with Gasteiger partial charge in [-0.3, -0.25) is 4.79 Å². The fourth-order valence-corrected chi connectivity index (χ4v) is 1.67. The van der Waals surface area contributed by atoms with Gasteiger partial charge in [0.1, 0.15) is 6.04 Å². The van der Waals surface area contributed by atoms with Crippen molar-refractivity contribution in [3.8, 4) is 0 Å². The van der Waals surface area contributed by atoms with Gasteiger partial charge in [0, 0.05) is 0 Å². The van der Waals surface area contributed by atoms with Crippen molar-refractivity contribution in [2.24, 2.45) is 0 Å². The van der Waals surface area contributed by atoms with Crippen LogP contribution in [0.3, 0.4) is 0 Å². The largest absolute Gasteiger partial charge is 0.480 e. The van der Waals surface area contributed by atoms with Crippen LogP contribution in [0.4, 0.5) is 0 Å². The van der Waals surface area contributed by atoms with Crippen molar-refractivity contribution in [2.45, 2.75) is 26.3 Å². The van der Waals surface area contributed by atoms with Gasteiger partial charge in [0.05, 0.1) is 0 Å². The maximum absolute atomic E-state index is 11.1. The Labute approximate surface area is 94.1 Å². The van der Waals surface area contributed by atoms with E-state index in [0.717, 1.165) is 11.5 Å². The molecule has 0 aliphatic carbocycles. The van der Waals surface area contributed by atoms with E-state index >= 15 is 0 Å². The Morgan fingerprint density at radius 1 is 1.53 bits per heavy atom. The van der Waals surface area contributed by atoms with Crippen LogP contribution in [-0.4, -0.2) is 34.5 Å². The minimum atomic E-state index is -0.982. The third-order valence-corrected chi connectivity index (χ3v) is 2.62. The van der Waals surface area contributed by atoms with Crippen LogP contribution in [0.2, 0.25) is 0 Å². The van der Waals surface area contributed by atoms with Crippen LogP contribution < -0.4 is 5.32 Å². The van der Waals surface area contributed by atoms with E-state index in [2.05, 4.69) is 5.32 Å². The summed E-state index contributed by atoms with van der Waals surface area (Å²) in [5, 5.41) is 11.3. The average Bonchev–Trinajstić information content (AvgIpc) is 2.16. The Balaban J connectivity index is 4.04. The van der Waals surface area contributed by atoms with Crippen LogP contribution in [0.5, 0.6) is 0 Å². The lowest BCUT2D eigenvalue weighted by molar-refractivity contribution is -0.141. The van der Waals surface area contributed by atoms with Gasteiger partial charge in [0.15, 0.2) is 0 Å². The molecule has 1 amide bonds. The van der Waals surface area contributed by atoms with Crippen molar-refractivity contribution in [3.63, 3.8) is 0 Å². The molecular weight excluding hydrogens is 214 g/mol. The van der Waals surface area contributed by atoms with E-state index in [1.165, 1.54) is 6.08 Å². The lowest BCUT2D eigenvalue weighted by Crippen LogP contribution is -2.40. The zero-order valence-corrected chi connectivity index (χ0v) is 9.84. The summed E-state index contributed by atoms with van der Waals surface area (Å²) in [4.78, 5) is 21.9. The van der Waals surface area contributed by atoms with Crippen LogP contribution in [0.1, 0.15) is 20.3 Å². The van der Waals surface area contributed by atoms with E-state index < -0.39 is 12.0 Å². The summed E-state index contributed by atoms with van der Waals surface area (Å²) in [6.45, 7) is 3.72. The molecule has 0 aromatic heterocycles. The number of carboxylic acids is 1. The Hall–Kier alpha value is -0.970. The minimum absolute atomic E-state index is 0.355. The molecule has 0 heterocycles. The first-order valence-electron chi connectivity index (χ1n) is 4.85. The van der Waals surface area contributed by atoms with Gasteiger partial charge in [-0.1, -0.05) is 13.0 Å². The van der Waals surface area contributed by atoms with Gasteiger partial charge in [0.2, 0.25) is 5.91 Å². The molecule has 0 saturated heterocycles. The van der Waals surface area contributed by atoms with Crippen molar-refractivity contribution in [3.05, 3.63) is 12.2 Å². The highest BCUT2D eigenvalue weighted by molar-refractivity contribution is 7.99. The van der Waals surface area contributed by atoms with Crippen LogP contribution >= 0.6 is 11.8 Å². The summed E-state index contributed by atoms with van der Waals surface area (Å²) in [7, 11) is 0. The number of thioether (sulfide) groups is 1. The molecule has 0 bridgehead atoms. The third kappa shape index (κ3) is 7.02. The van der Waals surface area contributed by atoms with E-state index in [9.17, 15) is 9.59 Å². The fourth-order valence-electron chi connectivity index (χ4n) is 0.974. The van der Waals surface area contributed by atoms with Crippen molar-refractivity contribution in [1.82, 2.24) is 5.32 Å². The maximum atomic E-state index is 11.1. The number of aliphatic carboxylic acids is 1. The average molecular weight is 231 g/mol. The van der Waals surface area contributed by atoms with E-state index in [-0.39, 0.29) is 5.91 Å². The number of allylic oxidation sites excluding steroid dienone is 1. The number of nitrogens with one attached hydrogen (secondary N) is 1. The van der Waals surface area contributed by atoms with E-state index in [0.29, 0.717) is 6.42 Å². The molecular formula is C10H17NO3S. The molecule has 0 aromatic carbocycles. The van der Waals surface area contributed by atoms with Crippen molar-refractivity contribution >= 4 is 23.6 Å².